The molecule has 0 aliphatic rings. The molecule has 7 heteroatoms. The highest BCUT2D eigenvalue weighted by atomic mass is 19.1. The summed E-state index contributed by atoms with van der Waals surface area (Å²) in [6, 6.07) is 8.65. The molecule has 1 aromatic heterocycles. The molecule has 1 aromatic carbocycles. The van der Waals surface area contributed by atoms with Gasteiger partial charge in [-0.15, -0.1) is 0 Å². The third-order valence-corrected chi connectivity index (χ3v) is 3.35. The van der Waals surface area contributed by atoms with Crippen LogP contribution in [-0.4, -0.2) is 22.2 Å². The molecule has 0 fully saturated rings. The van der Waals surface area contributed by atoms with Crippen LogP contribution in [0.15, 0.2) is 47.4 Å². The van der Waals surface area contributed by atoms with E-state index in [9.17, 15) is 14.0 Å². The van der Waals surface area contributed by atoms with Gasteiger partial charge in [0.05, 0.1) is 16.9 Å². The number of amides is 1. The topological polar surface area (TPSA) is 101 Å². The second kappa shape index (κ2) is 6.53. The molecule has 0 aliphatic heterocycles. The van der Waals surface area contributed by atoms with Gasteiger partial charge in [0, 0.05) is 24.8 Å². The van der Waals surface area contributed by atoms with Gasteiger partial charge in [0.1, 0.15) is 5.82 Å². The van der Waals surface area contributed by atoms with Gasteiger partial charge >= 0.3 is 0 Å². The summed E-state index contributed by atoms with van der Waals surface area (Å²) in [6.07, 6.45) is 2.59. The zero-order valence-electron chi connectivity index (χ0n) is 12.5. The number of hydrogen-bond acceptors (Lipinski definition) is 4. The van der Waals surface area contributed by atoms with Crippen LogP contribution in [0.2, 0.25) is 0 Å². The smallest absolute Gasteiger partial charge is 0.255 e. The lowest BCUT2D eigenvalue weighted by Gasteiger charge is -2.21. The third kappa shape index (κ3) is 3.70. The monoisotopic (exact) mass is 316 g/mol. The molecule has 4 N–H and O–H groups in total. The van der Waals surface area contributed by atoms with Gasteiger partial charge < -0.3 is 16.5 Å². The van der Waals surface area contributed by atoms with Gasteiger partial charge in [-0.2, -0.15) is 0 Å². The molecule has 0 aliphatic carbocycles. The first-order chi connectivity index (χ1) is 10.8. The number of nitrogens with zero attached hydrogens (tertiary/aromatic N) is 1. The van der Waals surface area contributed by atoms with Crippen LogP contribution < -0.4 is 16.6 Å². The molecule has 0 radical (unpaired) electrons. The molecule has 1 heterocycles. The molecule has 0 saturated carbocycles. The molecule has 1 atom stereocenters. The molecule has 0 saturated heterocycles. The van der Waals surface area contributed by atoms with Crippen molar-refractivity contribution in [3.05, 3.63) is 58.8 Å². The van der Waals surface area contributed by atoms with Crippen molar-refractivity contribution in [1.29, 1.82) is 5.41 Å². The first-order valence-electron chi connectivity index (χ1n) is 6.92. The summed E-state index contributed by atoms with van der Waals surface area (Å²) in [5, 5.41) is 9.42. The summed E-state index contributed by atoms with van der Waals surface area (Å²) < 4.78 is 15.5. The van der Waals surface area contributed by atoms with Crippen LogP contribution >= 0.6 is 0 Å². The molecule has 2 rings (SSSR count). The predicted molar refractivity (Wildman–Crippen MR) is 86.6 cm³/mol. The van der Waals surface area contributed by atoms with Crippen molar-refractivity contribution in [2.45, 2.75) is 18.9 Å². The number of nitrogens with one attached hydrogen (secondary N) is 2. The lowest BCUT2D eigenvalue weighted by atomic mass is 9.99. The zero-order valence-corrected chi connectivity index (χ0v) is 12.5. The lowest BCUT2D eigenvalue weighted by Crippen LogP contribution is -2.48. The van der Waals surface area contributed by atoms with E-state index in [2.05, 4.69) is 5.32 Å². The second-order valence-corrected chi connectivity index (χ2v) is 5.35. The van der Waals surface area contributed by atoms with Gasteiger partial charge in [0.15, 0.2) is 0 Å². The average Bonchev–Trinajstić information content (AvgIpc) is 2.49. The highest BCUT2D eigenvalue weighted by Gasteiger charge is 2.27. The number of carbonyl (C=O) groups is 1. The fourth-order valence-electron chi connectivity index (χ4n) is 1.97. The first-order valence-corrected chi connectivity index (χ1v) is 6.92. The van der Waals surface area contributed by atoms with E-state index in [1.165, 1.54) is 35.9 Å². The summed E-state index contributed by atoms with van der Waals surface area (Å²) in [6.45, 7) is 1.46. The zero-order chi connectivity index (χ0) is 17.0. The minimum absolute atomic E-state index is 0.0376. The minimum Gasteiger partial charge on any atom is -0.322 e. The van der Waals surface area contributed by atoms with Crippen LogP contribution in [0, 0.1) is 11.2 Å². The Labute approximate surface area is 132 Å². The Bertz CT molecular complexity index is 799. The van der Waals surface area contributed by atoms with Crippen molar-refractivity contribution in [2.24, 2.45) is 5.73 Å². The molecule has 2 aromatic rings. The van der Waals surface area contributed by atoms with E-state index in [0.717, 1.165) is 12.3 Å². The Balaban J connectivity index is 2.27. The van der Waals surface area contributed by atoms with Crippen LogP contribution in [0.3, 0.4) is 0 Å². The molecule has 120 valence electrons. The van der Waals surface area contributed by atoms with E-state index >= 15 is 0 Å². The number of hydrogen-bond donors (Lipinski definition) is 3. The Morgan fingerprint density at radius 1 is 1.43 bits per heavy atom. The maximum absolute atomic E-state index is 14.2. The van der Waals surface area contributed by atoms with Crippen LogP contribution in [0.25, 0.3) is 5.69 Å². The minimum atomic E-state index is -1.30. The number of benzene rings is 1. The standard InChI is InChI=1S/C16H17FN4O2/c1-16(19,7-8-18)15(23)20-13-6-5-11(10-12(13)17)21-9-3-2-4-14(21)22/h2-6,8-10,18H,7,19H2,1H3,(H,20,23). The van der Waals surface area contributed by atoms with Crippen molar-refractivity contribution >= 4 is 17.8 Å². The van der Waals surface area contributed by atoms with Crippen LogP contribution in [-0.2, 0) is 4.79 Å². The first kappa shape index (κ1) is 16.6. The third-order valence-electron chi connectivity index (χ3n) is 3.35. The highest BCUT2D eigenvalue weighted by Crippen LogP contribution is 2.19. The molecule has 1 amide bonds. The largest absolute Gasteiger partial charge is 0.322 e. The van der Waals surface area contributed by atoms with Crippen LogP contribution in [0.5, 0.6) is 0 Å². The van der Waals surface area contributed by atoms with E-state index < -0.39 is 17.3 Å². The fraction of sp³-hybridized carbons (Fsp3) is 0.188. The molecular formula is C16H17FN4O2. The van der Waals surface area contributed by atoms with Gasteiger partial charge in [-0.25, -0.2) is 4.39 Å². The van der Waals surface area contributed by atoms with Gasteiger partial charge in [-0.05, 0) is 31.3 Å². The lowest BCUT2D eigenvalue weighted by molar-refractivity contribution is -0.120. The number of anilines is 1. The number of nitrogens with two attached hydrogens (primary N) is 1. The van der Waals surface area contributed by atoms with E-state index in [0.29, 0.717) is 5.69 Å². The van der Waals surface area contributed by atoms with Crippen molar-refractivity contribution in [2.75, 3.05) is 5.32 Å². The summed E-state index contributed by atoms with van der Waals surface area (Å²) >= 11 is 0. The van der Waals surface area contributed by atoms with Gasteiger partial charge in [-0.1, -0.05) is 6.07 Å². The SMILES string of the molecule is CC(N)(CC=N)C(=O)Nc1ccc(-n2ccccc2=O)cc1F. The Kier molecular flexibility index (Phi) is 4.71. The fourth-order valence-corrected chi connectivity index (χ4v) is 1.97. The quantitative estimate of drug-likeness (QED) is 0.731. The normalized spacial score (nSPS) is 13.2. The van der Waals surface area contributed by atoms with Gasteiger partial charge in [0.2, 0.25) is 5.91 Å². The average molecular weight is 316 g/mol. The Hall–Kier alpha value is -2.80. The molecule has 1 unspecified atom stereocenters. The summed E-state index contributed by atoms with van der Waals surface area (Å²) in [5.41, 5.74) is 4.50. The Morgan fingerprint density at radius 2 is 2.17 bits per heavy atom. The van der Waals surface area contributed by atoms with Gasteiger partial charge in [0.25, 0.3) is 5.56 Å². The summed E-state index contributed by atoms with van der Waals surface area (Å²) in [7, 11) is 0. The van der Waals surface area contributed by atoms with E-state index in [1.807, 2.05) is 0 Å². The number of halogens is 1. The maximum Gasteiger partial charge on any atom is 0.255 e. The van der Waals surface area contributed by atoms with E-state index in [4.69, 9.17) is 11.1 Å². The van der Waals surface area contributed by atoms with Crippen molar-refractivity contribution < 1.29 is 9.18 Å². The Morgan fingerprint density at radius 3 is 2.78 bits per heavy atom. The molecular weight excluding hydrogens is 299 g/mol. The summed E-state index contributed by atoms with van der Waals surface area (Å²) in [5.74, 6) is -1.28. The second-order valence-electron chi connectivity index (χ2n) is 5.35. The number of aromatic nitrogens is 1. The van der Waals surface area contributed by atoms with Crippen molar-refractivity contribution in [3.63, 3.8) is 0 Å². The number of carbonyl (C=O) groups excluding carboxylic acids is 1. The van der Waals surface area contributed by atoms with Crippen molar-refractivity contribution in [1.82, 2.24) is 4.57 Å². The number of rotatable bonds is 5. The maximum atomic E-state index is 14.2. The van der Waals surface area contributed by atoms with E-state index in [-0.39, 0.29) is 17.7 Å². The molecule has 6 nitrogen and oxygen atoms in total. The van der Waals surface area contributed by atoms with Crippen LogP contribution in [0.1, 0.15) is 13.3 Å². The molecule has 0 spiro atoms. The summed E-state index contributed by atoms with van der Waals surface area (Å²) in [4.78, 5) is 23.8. The number of pyridine rings is 1. The van der Waals surface area contributed by atoms with Crippen LogP contribution in [0.4, 0.5) is 10.1 Å². The highest BCUT2D eigenvalue weighted by molar-refractivity contribution is 5.99. The predicted octanol–water partition coefficient (Wildman–Crippen LogP) is 1.67. The molecule has 23 heavy (non-hydrogen) atoms. The molecule has 0 bridgehead atoms. The van der Waals surface area contributed by atoms with E-state index in [1.54, 1.807) is 12.1 Å². The van der Waals surface area contributed by atoms with Gasteiger partial charge in [-0.3, -0.25) is 14.2 Å². The van der Waals surface area contributed by atoms with Crippen molar-refractivity contribution in [3.8, 4) is 5.69 Å².